The van der Waals surface area contributed by atoms with Gasteiger partial charge >= 0.3 is 0 Å². The Bertz CT molecular complexity index is 613. The summed E-state index contributed by atoms with van der Waals surface area (Å²) in [5, 5.41) is 3.29. The van der Waals surface area contributed by atoms with Crippen molar-refractivity contribution in [3.63, 3.8) is 0 Å². The molecular formula is C13H14Cl2N4O. The van der Waals surface area contributed by atoms with Crippen LogP contribution in [0.15, 0.2) is 24.5 Å². The van der Waals surface area contributed by atoms with Crippen LogP contribution in [0.3, 0.4) is 0 Å². The van der Waals surface area contributed by atoms with Crippen LogP contribution in [0.25, 0.3) is 0 Å². The fourth-order valence-electron chi connectivity index (χ4n) is 1.84. The molecule has 0 fully saturated rings. The first kappa shape index (κ1) is 14.7. The molecule has 7 heteroatoms. The lowest BCUT2D eigenvalue weighted by Crippen LogP contribution is -2.29. The van der Waals surface area contributed by atoms with Crippen molar-refractivity contribution in [3.05, 3.63) is 46.0 Å². The van der Waals surface area contributed by atoms with Crippen LogP contribution in [-0.2, 0) is 0 Å². The number of amides is 1. The van der Waals surface area contributed by atoms with Gasteiger partial charge < -0.3 is 16.0 Å². The third-order valence-electron chi connectivity index (χ3n) is 2.86. The number of nitrogens with one attached hydrogen (secondary N) is 2. The summed E-state index contributed by atoms with van der Waals surface area (Å²) >= 11 is 12.0. The molecule has 1 amide bonds. The molecule has 1 atom stereocenters. The Morgan fingerprint density at radius 1 is 1.50 bits per heavy atom. The van der Waals surface area contributed by atoms with E-state index in [0.717, 1.165) is 0 Å². The normalized spacial score (nSPS) is 12.2. The van der Waals surface area contributed by atoms with E-state index >= 15 is 0 Å². The molecule has 106 valence electrons. The first-order valence-corrected chi connectivity index (χ1v) is 6.83. The van der Waals surface area contributed by atoms with E-state index in [9.17, 15) is 4.79 Å². The van der Waals surface area contributed by atoms with Crippen LogP contribution < -0.4 is 11.1 Å². The number of anilines is 1. The largest absolute Gasteiger partial charge is 0.399 e. The lowest BCUT2D eigenvalue weighted by atomic mass is 10.1. The quantitative estimate of drug-likeness (QED) is 0.758. The lowest BCUT2D eigenvalue weighted by molar-refractivity contribution is 0.0934. The maximum absolute atomic E-state index is 12.3. The average molecular weight is 313 g/mol. The van der Waals surface area contributed by atoms with Gasteiger partial charge in [0.15, 0.2) is 0 Å². The Balaban J connectivity index is 2.24. The summed E-state index contributed by atoms with van der Waals surface area (Å²) in [5.41, 5.74) is 6.32. The van der Waals surface area contributed by atoms with Crippen molar-refractivity contribution in [1.82, 2.24) is 15.3 Å². The van der Waals surface area contributed by atoms with Crippen molar-refractivity contribution in [2.45, 2.75) is 19.4 Å². The van der Waals surface area contributed by atoms with Gasteiger partial charge in [-0.25, -0.2) is 4.98 Å². The van der Waals surface area contributed by atoms with E-state index in [1.807, 2.05) is 6.92 Å². The molecule has 1 unspecified atom stereocenters. The van der Waals surface area contributed by atoms with Crippen molar-refractivity contribution in [2.24, 2.45) is 0 Å². The zero-order chi connectivity index (χ0) is 14.7. The average Bonchev–Trinajstić information content (AvgIpc) is 2.93. The third kappa shape index (κ3) is 3.05. The molecule has 0 radical (unpaired) electrons. The molecule has 0 aliphatic heterocycles. The predicted molar refractivity (Wildman–Crippen MR) is 80.0 cm³/mol. The highest BCUT2D eigenvalue weighted by atomic mass is 35.5. The van der Waals surface area contributed by atoms with E-state index in [1.165, 1.54) is 12.1 Å². The summed E-state index contributed by atoms with van der Waals surface area (Å²) in [6, 6.07) is 2.77. The van der Waals surface area contributed by atoms with Gasteiger partial charge in [-0.05, 0) is 18.6 Å². The van der Waals surface area contributed by atoms with Crippen LogP contribution in [0.2, 0.25) is 10.0 Å². The van der Waals surface area contributed by atoms with Crippen LogP contribution in [0.4, 0.5) is 5.69 Å². The van der Waals surface area contributed by atoms with Crippen molar-refractivity contribution >= 4 is 34.8 Å². The molecule has 0 aliphatic carbocycles. The first-order valence-electron chi connectivity index (χ1n) is 6.07. The predicted octanol–water partition coefficient (Wildman–Crippen LogP) is 3.18. The summed E-state index contributed by atoms with van der Waals surface area (Å²) < 4.78 is 0. The zero-order valence-electron chi connectivity index (χ0n) is 10.8. The summed E-state index contributed by atoms with van der Waals surface area (Å²) in [6.45, 7) is 1.95. The second kappa shape index (κ2) is 6.15. The number of benzene rings is 1. The van der Waals surface area contributed by atoms with E-state index in [4.69, 9.17) is 28.9 Å². The molecule has 1 heterocycles. The van der Waals surface area contributed by atoms with Gasteiger partial charge in [0.1, 0.15) is 5.82 Å². The number of nitrogens with two attached hydrogens (primary N) is 1. The zero-order valence-corrected chi connectivity index (χ0v) is 12.3. The smallest absolute Gasteiger partial charge is 0.253 e. The summed E-state index contributed by atoms with van der Waals surface area (Å²) in [7, 11) is 0. The fourth-order valence-corrected chi connectivity index (χ4v) is 2.27. The van der Waals surface area contributed by atoms with Crippen molar-refractivity contribution in [2.75, 3.05) is 5.73 Å². The molecular weight excluding hydrogens is 299 g/mol. The lowest BCUT2D eigenvalue weighted by Gasteiger charge is -2.16. The van der Waals surface area contributed by atoms with Crippen LogP contribution in [0.1, 0.15) is 35.6 Å². The summed E-state index contributed by atoms with van der Waals surface area (Å²) in [6.07, 6.45) is 4.02. The van der Waals surface area contributed by atoms with Crippen LogP contribution >= 0.6 is 23.2 Å². The highest BCUT2D eigenvalue weighted by molar-refractivity contribution is 6.44. The van der Waals surface area contributed by atoms with E-state index in [1.54, 1.807) is 12.4 Å². The van der Waals surface area contributed by atoms with Gasteiger partial charge in [0, 0.05) is 18.1 Å². The van der Waals surface area contributed by atoms with E-state index in [-0.39, 0.29) is 27.6 Å². The van der Waals surface area contributed by atoms with Crippen LogP contribution in [0, 0.1) is 0 Å². The van der Waals surface area contributed by atoms with Gasteiger partial charge in [-0.15, -0.1) is 0 Å². The highest BCUT2D eigenvalue weighted by Crippen LogP contribution is 2.29. The van der Waals surface area contributed by atoms with Crippen LogP contribution in [0.5, 0.6) is 0 Å². The highest BCUT2D eigenvalue weighted by Gasteiger charge is 2.19. The van der Waals surface area contributed by atoms with Gasteiger partial charge in [0.2, 0.25) is 0 Å². The Hall–Kier alpha value is -1.72. The number of halogens is 2. The van der Waals surface area contributed by atoms with Gasteiger partial charge in [-0.1, -0.05) is 30.1 Å². The van der Waals surface area contributed by atoms with E-state index in [2.05, 4.69) is 15.3 Å². The number of aromatic nitrogens is 2. The number of carbonyl (C=O) groups is 1. The van der Waals surface area contributed by atoms with Gasteiger partial charge in [-0.2, -0.15) is 0 Å². The van der Waals surface area contributed by atoms with Crippen molar-refractivity contribution < 1.29 is 4.79 Å². The number of rotatable bonds is 4. The molecule has 2 aromatic rings. The minimum atomic E-state index is -0.340. The molecule has 20 heavy (non-hydrogen) atoms. The van der Waals surface area contributed by atoms with Crippen LogP contribution in [-0.4, -0.2) is 15.9 Å². The molecule has 4 N–H and O–H groups in total. The Kier molecular flexibility index (Phi) is 4.52. The molecule has 0 saturated carbocycles. The molecule has 2 rings (SSSR count). The van der Waals surface area contributed by atoms with Crippen molar-refractivity contribution in [1.29, 1.82) is 0 Å². The van der Waals surface area contributed by atoms with Gasteiger partial charge in [0.25, 0.3) is 5.91 Å². The standard InChI is InChI=1S/C13H14Cl2N4O/c1-2-10(12-17-3-4-18-12)19-13(20)8-5-7(16)6-9(14)11(8)15/h3-6,10H,2,16H2,1H3,(H,17,18)(H,19,20). The molecule has 0 aliphatic rings. The topological polar surface area (TPSA) is 83.8 Å². The molecule has 5 nitrogen and oxygen atoms in total. The maximum atomic E-state index is 12.3. The maximum Gasteiger partial charge on any atom is 0.253 e. The number of hydrogen-bond donors (Lipinski definition) is 3. The number of hydrogen-bond acceptors (Lipinski definition) is 3. The summed E-state index contributed by atoms with van der Waals surface area (Å²) in [5.74, 6) is 0.347. The minimum Gasteiger partial charge on any atom is -0.399 e. The number of imidazole rings is 1. The van der Waals surface area contributed by atoms with E-state index in [0.29, 0.717) is 17.9 Å². The minimum absolute atomic E-state index is 0.188. The number of aromatic amines is 1. The number of carbonyl (C=O) groups excluding carboxylic acids is 1. The fraction of sp³-hybridized carbons (Fsp3) is 0.231. The van der Waals surface area contributed by atoms with Crippen molar-refractivity contribution in [3.8, 4) is 0 Å². The van der Waals surface area contributed by atoms with Gasteiger partial charge in [0.05, 0.1) is 21.7 Å². The number of nitrogens with zero attached hydrogens (tertiary/aromatic N) is 1. The monoisotopic (exact) mass is 312 g/mol. The Morgan fingerprint density at radius 3 is 2.85 bits per heavy atom. The Labute approximate surface area is 126 Å². The molecule has 1 aromatic heterocycles. The molecule has 0 saturated heterocycles. The van der Waals surface area contributed by atoms with Gasteiger partial charge in [-0.3, -0.25) is 4.79 Å². The third-order valence-corrected chi connectivity index (χ3v) is 3.66. The first-order chi connectivity index (χ1) is 9.52. The second-order valence-electron chi connectivity index (χ2n) is 4.27. The van der Waals surface area contributed by atoms with E-state index < -0.39 is 0 Å². The molecule has 1 aromatic carbocycles. The Morgan fingerprint density at radius 2 is 2.25 bits per heavy atom. The second-order valence-corrected chi connectivity index (χ2v) is 5.06. The number of nitrogen functional groups attached to an aromatic ring is 1. The SMILES string of the molecule is CCC(NC(=O)c1cc(N)cc(Cl)c1Cl)c1ncc[nH]1. The summed E-state index contributed by atoms with van der Waals surface area (Å²) in [4.78, 5) is 19.4. The molecule has 0 bridgehead atoms. The molecule has 0 spiro atoms. The number of H-pyrrole nitrogens is 1.